The summed E-state index contributed by atoms with van der Waals surface area (Å²) in [6.07, 6.45) is 0. The van der Waals surface area contributed by atoms with Crippen LogP contribution in [0.2, 0.25) is 0 Å². The third kappa shape index (κ3) is 3.47. The van der Waals surface area contributed by atoms with Crippen molar-refractivity contribution >= 4 is 18.5 Å². The topological polar surface area (TPSA) is 60.8 Å². The first kappa shape index (κ1) is 14.3. The molecule has 0 atom stereocenters. The fourth-order valence-electron chi connectivity index (χ4n) is 1.98. The van der Waals surface area contributed by atoms with Crippen molar-refractivity contribution in [3.63, 3.8) is 0 Å². The Kier molecular flexibility index (Phi) is 4.55. The van der Waals surface area contributed by atoms with Crippen LogP contribution in [0.1, 0.15) is 15.9 Å². The maximum Gasteiger partial charge on any atom is 0.488 e. The molecule has 0 saturated heterocycles. The van der Waals surface area contributed by atoms with Gasteiger partial charge in [-0.25, -0.2) is 0 Å². The third-order valence-corrected chi connectivity index (χ3v) is 3.04. The number of nitrogens with zero attached hydrogens (tertiary/aromatic N) is 1. The Morgan fingerprint density at radius 2 is 1.80 bits per heavy atom. The van der Waals surface area contributed by atoms with E-state index in [4.69, 9.17) is 10.0 Å². The van der Waals surface area contributed by atoms with Crippen molar-refractivity contribution in [1.82, 2.24) is 4.90 Å². The Balaban J connectivity index is 2.12. The van der Waals surface area contributed by atoms with Crippen molar-refractivity contribution in [1.29, 1.82) is 0 Å². The quantitative estimate of drug-likeness (QED) is 0.801. The van der Waals surface area contributed by atoms with Gasteiger partial charge in [0.25, 0.3) is 5.91 Å². The minimum Gasteiger partial charge on any atom is -0.423 e. The number of carbonyl (C=O) groups is 1. The molecule has 0 aliphatic rings. The van der Waals surface area contributed by atoms with Crippen LogP contribution in [0.25, 0.3) is 0 Å². The zero-order valence-electron chi connectivity index (χ0n) is 11.2. The normalized spacial score (nSPS) is 10.2. The van der Waals surface area contributed by atoms with E-state index >= 15 is 0 Å². The molecule has 0 fully saturated rings. The van der Waals surface area contributed by atoms with Crippen molar-refractivity contribution in [2.75, 3.05) is 7.05 Å². The highest BCUT2D eigenvalue weighted by atomic mass is 16.4. The highest BCUT2D eigenvalue weighted by molar-refractivity contribution is 6.58. The molecule has 1 amide bonds. The largest absolute Gasteiger partial charge is 0.488 e. The molecule has 2 rings (SSSR count). The average Bonchev–Trinajstić information content (AvgIpc) is 2.47. The molecule has 0 radical (unpaired) electrons. The number of benzene rings is 2. The molecule has 0 aromatic heterocycles. The maximum absolute atomic E-state index is 12.3. The fraction of sp³-hybridized carbons (Fsp3) is 0.133. The van der Waals surface area contributed by atoms with Gasteiger partial charge in [-0.3, -0.25) is 4.79 Å². The van der Waals surface area contributed by atoms with Gasteiger partial charge in [-0.2, -0.15) is 0 Å². The van der Waals surface area contributed by atoms with Crippen LogP contribution in [-0.2, 0) is 6.54 Å². The van der Waals surface area contributed by atoms with Crippen LogP contribution in [0.5, 0.6) is 0 Å². The first-order valence-electron chi connectivity index (χ1n) is 6.33. The van der Waals surface area contributed by atoms with E-state index in [9.17, 15) is 4.79 Å². The van der Waals surface area contributed by atoms with Crippen molar-refractivity contribution in [2.45, 2.75) is 6.54 Å². The molecule has 4 nitrogen and oxygen atoms in total. The standard InChI is InChI=1S/C15H16BNO3/c1-17(11-12-6-3-2-4-7-12)15(18)13-8-5-9-14(10-13)16(19)20/h2-10,19-20H,11H2,1H3. The van der Waals surface area contributed by atoms with Gasteiger partial charge >= 0.3 is 7.12 Å². The first-order chi connectivity index (χ1) is 9.58. The lowest BCUT2D eigenvalue weighted by atomic mass is 9.79. The molecular formula is C15H16BNO3. The Bertz CT molecular complexity index is 587. The van der Waals surface area contributed by atoms with Gasteiger partial charge in [0.15, 0.2) is 0 Å². The zero-order chi connectivity index (χ0) is 14.5. The molecule has 2 aromatic rings. The Hall–Kier alpha value is -2.11. The van der Waals surface area contributed by atoms with Gasteiger partial charge in [-0.05, 0) is 23.2 Å². The molecular weight excluding hydrogens is 253 g/mol. The molecule has 0 spiro atoms. The van der Waals surface area contributed by atoms with E-state index in [2.05, 4.69) is 0 Å². The van der Waals surface area contributed by atoms with Crippen molar-refractivity contribution in [3.8, 4) is 0 Å². The van der Waals surface area contributed by atoms with Gasteiger partial charge in [0.2, 0.25) is 0 Å². The van der Waals surface area contributed by atoms with Crippen LogP contribution in [0.4, 0.5) is 0 Å². The lowest BCUT2D eigenvalue weighted by Crippen LogP contribution is -2.32. The lowest BCUT2D eigenvalue weighted by molar-refractivity contribution is 0.0785. The summed E-state index contributed by atoms with van der Waals surface area (Å²) in [5.74, 6) is -0.156. The van der Waals surface area contributed by atoms with Crippen molar-refractivity contribution < 1.29 is 14.8 Å². The second kappa shape index (κ2) is 6.37. The number of rotatable bonds is 4. The van der Waals surface area contributed by atoms with Crippen LogP contribution in [0.3, 0.4) is 0 Å². The lowest BCUT2D eigenvalue weighted by Gasteiger charge is -2.17. The van der Waals surface area contributed by atoms with E-state index in [1.54, 1.807) is 30.1 Å². The molecule has 2 aromatic carbocycles. The molecule has 0 saturated carbocycles. The SMILES string of the molecule is CN(Cc1ccccc1)C(=O)c1cccc(B(O)O)c1. The van der Waals surface area contributed by atoms with Crippen LogP contribution >= 0.6 is 0 Å². The van der Waals surface area contributed by atoms with Crippen molar-refractivity contribution in [3.05, 3.63) is 65.7 Å². The molecule has 0 aliphatic heterocycles. The summed E-state index contributed by atoms with van der Waals surface area (Å²) in [7, 11) is 0.152. The van der Waals surface area contributed by atoms with E-state index in [1.165, 1.54) is 6.07 Å². The summed E-state index contributed by atoms with van der Waals surface area (Å²) < 4.78 is 0. The smallest absolute Gasteiger partial charge is 0.423 e. The summed E-state index contributed by atoms with van der Waals surface area (Å²) in [6.45, 7) is 0.506. The molecule has 5 heteroatoms. The zero-order valence-corrected chi connectivity index (χ0v) is 11.2. The maximum atomic E-state index is 12.3. The van der Waals surface area contributed by atoms with Gasteiger partial charge in [0, 0.05) is 19.2 Å². The summed E-state index contributed by atoms with van der Waals surface area (Å²) in [5.41, 5.74) is 1.79. The summed E-state index contributed by atoms with van der Waals surface area (Å²) in [6, 6.07) is 16.1. The Morgan fingerprint density at radius 1 is 1.10 bits per heavy atom. The monoisotopic (exact) mass is 269 g/mol. The van der Waals surface area contributed by atoms with Gasteiger partial charge in [0.1, 0.15) is 0 Å². The van der Waals surface area contributed by atoms with Crippen LogP contribution in [0, 0.1) is 0 Å². The number of amides is 1. The minimum atomic E-state index is -1.57. The molecule has 0 heterocycles. The fourth-order valence-corrected chi connectivity index (χ4v) is 1.98. The summed E-state index contributed by atoms with van der Waals surface area (Å²) in [4.78, 5) is 13.9. The average molecular weight is 269 g/mol. The number of carbonyl (C=O) groups excluding carboxylic acids is 1. The third-order valence-electron chi connectivity index (χ3n) is 3.04. The summed E-state index contributed by atoms with van der Waals surface area (Å²) in [5, 5.41) is 18.3. The molecule has 0 aliphatic carbocycles. The first-order valence-corrected chi connectivity index (χ1v) is 6.33. The minimum absolute atomic E-state index is 0.156. The van der Waals surface area contributed by atoms with Gasteiger partial charge in [-0.1, -0.05) is 42.5 Å². The van der Waals surface area contributed by atoms with Gasteiger partial charge < -0.3 is 14.9 Å². The Morgan fingerprint density at radius 3 is 2.45 bits per heavy atom. The van der Waals surface area contributed by atoms with Crippen LogP contribution in [-0.4, -0.2) is 35.0 Å². The van der Waals surface area contributed by atoms with Crippen LogP contribution in [0.15, 0.2) is 54.6 Å². The highest BCUT2D eigenvalue weighted by Gasteiger charge is 2.16. The second-order valence-corrected chi connectivity index (χ2v) is 4.65. The molecule has 102 valence electrons. The summed E-state index contributed by atoms with van der Waals surface area (Å²) >= 11 is 0. The van der Waals surface area contributed by atoms with E-state index < -0.39 is 7.12 Å². The van der Waals surface area contributed by atoms with Gasteiger partial charge in [-0.15, -0.1) is 0 Å². The van der Waals surface area contributed by atoms with Gasteiger partial charge in [0.05, 0.1) is 0 Å². The predicted molar refractivity (Wildman–Crippen MR) is 78.5 cm³/mol. The number of hydrogen-bond donors (Lipinski definition) is 2. The highest BCUT2D eigenvalue weighted by Crippen LogP contribution is 2.07. The second-order valence-electron chi connectivity index (χ2n) is 4.65. The molecule has 2 N–H and O–H groups in total. The van der Waals surface area contributed by atoms with Crippen molar-refractivity contribution in [2.24, 2.45) is 0 Å². The predicted octanol–water partition coefficient (Wildman–Crippen LogP) is 0.639. The molecule has 0 bridgehead atoms. The van der Waals surface area contributed by atoms with Crippen LogP contribution < -0.4 is 5.46 Å². The van der Waals surface area contributed by atoms with E-state index in [0.717, 1.165) is 5.56 Å². The Labute approximate surface area is 118 Å². The number of hydrogen-bond acceptors (Lipinski definition) is 3. The van der Waals surface area contributed by atoms with E-state index in [-0.39, 0.29) is 5.91 Å². The van der Waals surface area contributed by atoms with E-state index in [0.29, 0.717) is 17.6 Å². The molecule has 0 unspecified atom stereocenters. The molecule has 20 heavy (non-hydrogen) atoms. The van der Waals surface area contributed by atoms with E-state index in [1.807, 2.05) is 30.3 Å².